The van der Waals surface area contributed by atoms with Crippen molar-refractivity contribution in [3.8, 4) is 5.75 Å². The van der Waals surface area contributed by atoms with Crippen LogP contribution in [0.4, 0.5) is 0 Å². The Labute approximate surface area is 132 Å². The van der Waals surface area contributed by atoms with Crippen LogP contribution in [0.3, 0.4) is 0 Å². The molecule has 0 radical (unpaired) electrons. The molecule has 6 nitrogen and oxygen atoms in total. The number of hydrogen-bond acceptors (Lipinski definition) is 4. The molecule has 0 saturated carbocycles. The van der Waals surface area contributed by atoms with Crippen molar-refractivity contribution >= 4 is 17.0 Å². The zero-order chi connectivity index (χ0) is 16.4. The highest BCUT2D eigenvalue weighted by Crippen LogP contribution is 2.15. The molecule has 1 amide bonds. The van der Waals surface area contributed by atoms with Gasteiger partial charge in [0.05, 0.1) is 12.6 Å². The molecule has 118 valence electrons. The Kier molecular flexibility index (Phi) is 3.89. The lowest BCUT2D eigenvalue weighted by molar-refractivity contribution is 0.0950. The van der Waals surface area contributed by atoms with Gasteiger partial charge >= 0.3 is 5.76 Å². The van der Waals surface area contributed by atoms with Gasteiger partial charge in [-0.3, -0.25) is 9.36 Å². The van der Waals surface area contributed by atoms with Crippen LogP contribution in [0, 0.1) is 0 Å². The van der Waals surface area contributed by atoms with Gasteiger partial charge in [0, 0.05) is 19.2 Å². The molecule has 3 aromatic rings. The van der Waals surface area contributed by atoms with Crippen molar-refractivity contribution in [1.82, 2.24) is 9.88 Å². The summed E-state index contributed by atoms with van der Waals surface area (Å²) < 4.78 is 11.6. The van der Waals surface area contributed by atoms with Crippen LogP contribution < -0.4 is 15.8 Å². The number of aryl methyl sites for hydroxylation is 1. The number of carbonyl (C=O) groups excluding carboxylic acids is 1. The van der Waals surface area contributed by atoms with Crippen LogP contribution in [0.15, 0.2) is 51.7 Å². The molecule has 1 aromatic heterocycles. The molecule has 0 bridgehead atoms. The zero-order valence-electron chi connectivity index (χ0n) is 12.8. The topological polar surface area (TPSA) is 73.5 Å². The molecule has 0 spiro atoms. The molecule has 0 saturated heterocycles. The van der Waals surface area contributed by atoms with Crippen LogP contribution in [0.1, 0.15) is 15.9 Å². The van der Waals surface area contributed by atoms with Gasteiger partial charge in [0.1, 0.15) is 5.75 Å². The molecule has 0 fully saturated rings. The van der Waals surface area contributed by atoms with E-state index in [2.05, 4.69) is 5.32 Å². The molecular formula is C17H16N2O4. The number of nitrogens with zero attached hydrogens (tertiary/aromatic N) is 1. The Bertz CT molecular complexity index is 924. The SMILES string of the molecule is COc1cccc(C(=O)NCc2ccc3oc(=O)n(C)c3c2)c1. The van der Waals surface area contributed by atoms with Gasteiger partial charge in [0.15, 0.2) is 5.58 Å². The number of benzene rings is 2. The van der Waals surface area contributed by atoms with Gasteiger partial charge in [-0.25, -0.2) is 4.79 Å². The number of aromatic nitrogens is 1. The van der Waals surface area contributed by atoms with Crippen molar-refractivity contribution in [2.24, 2.45) is 7.05 Å². The molecule has 2 aromatic carbocycles. The normalized spacial score (nSPS) is 10.7. The van der Waals surface area contributed by atoms with Crippen LogP contribution in [-0.2, 0) is 13.6 Å². The molecule has 0 atom stereocenters. The third-order valence-electron chi connectivity index (χ3n) is 3.64. The fraction of sp³-hybridized carbons (Fsp3) is 0.176. The lowest BCUT2D eigenvalue weighted by Crippen LogP contribution is -2.22. The summed E-state index contributed by atoms with van der Waals surface area (Å²) in [4.78, 5) is 23.7. The summed E-state index contributed by atoms with van der Waals surface area (Å²) in [6.07, 6.45) is 0. The summed E-state index contributed by atoms with van der Waals surface area (Å²) in [6.45, 7) is 0.353. The van der Waals surface area contributed by atoms with Crippen LogP contribution >= 0.6 is 0 Å². The maximum absolute atomic E-state index is 12.2. The van der Waals surface area contributed by atoms with Crippen molar-refractivity contribution in [1.29, 1.82) is 0 Å². The van der Waals surface area contributed by atoms with Gasteiger partial charge in [-0.05, 0) is 35.9 Å². The number of amides is 1. The largest absolute Gasteiger partial charge is 0.497 e. The number of nitrogens with one attached hydrogen (secondary N) is 1. The third-order valence-corrected chi connectivity index (χ3v) is 3.64. The molecule has 23 heavy (non-hydrogen) atoms. The van der Waals surface area contributed by atoms with Gasteiger partial charge in [-0.15, -0.1) is 0 Å². The average Bonchev–Trinajstić information content (AvgIpc) is 2.87. The van der Waals surface area contributed by atoms with Crippen LogP contribution in [0.25, 0.3) is 11.1 Å². The Balaban J connectivity index is 1.76. The van der Waals surface area contributed by atoms with Crippen LogP contribution in [-0.4, -0.2) is 17.6 Å². The number of methoxy groups -OCH3 is 1. The predicted molar refractivity (Wildman–Crippen MR) is 85.6 cm³/mol. The van der Waals surface area contributed by atoms with E-state index in [4.69, 9.17) is 9.15 Å². The van der Waals surface area contributed by atoms with Crippen molar-refractivity contribution in [3.05, 3.63) is 64.1 Å². The van der Waals surface area contributed by atoms with E-state index in [9.17, 15) is 9.59 Å². The summed E-state index contributed by atoms with van der Waals surface area (Å²) in [7, 11) is 3.20. The predicted octanol–water partition coefficient (Wildman–Crippen LogP) is 2.07. The average molecular weight is 312 g/mol. The van der Waals surface area contributed by atoms with Crippen LogP contribution in [0.2, 0.25) is 0 Å². The van der Waals surface area contributed by atoms with Gasteiger partial charge in [0.25, 0.3) is 5.91 Å². The first-order valence-electron chi connectivity index (χ1n) is 7.09. The summed E-state index contributed by atoms with van der Waals surface area (Å²) in [5.41, 5.74) is 2.63. The van der Waals surface area contributed by atoms with Crippen molar-refractivity contribution in [3.63, 3.8) is 0 Å². The number of carbonyl (C=O) groups is 1. The highest BCUT2D eigenvalue weighted by Gasteiger charge is 2.09. The smallest absolute Gasteiger partial charge is 0.419 e. The fourth-order valence-electron chi connectivity index (χ4n) is 2.33. The van der Waals surface area contributed by atoms with Gasteiger partial charge in [-0.2, -0.15) is 0 Å². The monoisotopic (exact) mass is 312 g/mol. The fourth-order valence-corrected chi connectivity index (χ4v) is 2.33. The number of oxazole rings is 1. The Hall–Kier alpha value is -3.02. The molecule has 0 aliphatic rings. The standard InChI is InChI=1S/C17H16N2O4/c1-19-14-8-11(6-7-15(14)23-17(19)21)10-18-16(20)12-4-3-5-13(9-12)22-2/h3-9H,10H2,1-2H3,(H,18,20). The Morgan fingerprint density at radius 1 is 1.26 bits per heavy atom. The molecule has 1 N–H and O–H groups in total. The highest BCUT2D eigenvalue weighted by molar-refractivity contribution is 5.94. The van der Waals surface area contributed by atoms with Crippen molar-refractivity contribution in [2.75, 3.05) is 7.11 Å². The molecule has 3 rings (SSSR count). The second kappa shape index (κ2) is 6.00. The number of fused-ring (bicyclic) bond motifs is 1. The van der Waals surface area contributed by atoms with E-state index >= 15 is 0 Å². The number of rotatable bonds is 4. The van der Waals surface area contributed by atoms with Gasteiger partial charge in [0.2, 0.25) is 0 Å². The molecule has 1 heterocycles. The molecule has 6 heteroatoms. The second-order valence-electron chi connectivity index (χ2n) is 5.14. The Morgan fingerprint density at radius 3 is 2.87 bits per heavy atom. The summed E-state index contributed by atoms with van der Waals surface area (Å²) in [5.74, 6) is 0.0371. The lowest BCUT2D eigenvalue weighted by Gasteiger charge is -2.07. The van der Waals surface area contributed by atoms with E-state index < -0.39 is 5.76 Å². The molecular weight excluding hydrogens is 296 g/mol. The highest BCUT2D eigenvalue weighted by atomic mass is 16.5. The number of hydrogen-bond donors (Lipinski definition) is 1. The first-order chi connectivity index (χ1) is 11.1. The minimum atomic E-state index is -0.405. The van der Waals surface area contributed by atoms with E-state index in [0.717, 1.165) is 5.56 Å². The third kappa shape index (κ3) is 2.96. The minimum absolute atomic E-state index is 0.190. The summed E-state index contributed by atoms with van der Waals surface area (Å²) in [6, 6.07) is 12.3. The first kappa shape index (κ1) is 14.9. The second-order valence-corrected chi connectivity index (χ2v) is 5.14. The van der Waals surface area contributed by atoms with E-state index in [-0.39, 0.29) is 5.91 Å². The zero-order valence-corrected chi connectivity index (χ0v) is 12.8. The van der Waals surface area contributed by atoms with E-state index in [1.807, 2.05) is 12.1 Å². The molecule has 0 unspecified atom stereocenters. The lowest BCUT2D eigenvalue weighted by atomic mass is 10.1. The van der Waals surface area contributed by atoms with Gasteiger partial charge in [-0.1, -0.05) is 12.1 Å². The van der Waals surface area contributed by atoms with E-state index in [1.165, 1.54) is 4.57 Å². The quantitative estimate of drug-likeness (QED) is 0.800. The van der Waals surface area contributed by atoms with E-state index in [1.54, 1.807) is 44.5 Å². The van der Waals surface area contributed by atoms with Crippen LogP contribution in [0.5, 0.6) is 5.75 Å². The minimum Gasteiger partial charge on any atom is -0.497 e. The van der Waals surface area contributed by atoms with Crippen molar-refractivity contribution < 1.29 is 13.9 Å². The van der Waals surface area contributed by atoms with Gasteiger partial charge < -0.3 is 14.5 Å². The molecule has 0 aliphatic carbocycles. The molecule has 0 aliphatic heterocycles. The first-order valence-corrected chi connectivity index (χ1v) is 7.09. The van der Waals surface area contributed by atoms with Crippen molar-refractivity contribution in [2.45, 2.75) is 6.54 Å². The number of ether oxygens (including phenoxy) is 1. The van der Waals surface area contributed by atoms with E-state index in [0.29, 0.717) is 29.0 Å². The maximum Gasteiger partial charge on any atom is 0.419 e. The maximum atomic E-state index is 12.2. The Morgan fingerprint density at radius 2 is 2.09 bits per heavy atom. The summed E-state index contributed by atoms with van der Waals surface area (Å²) >= 11 is 0. The summed E-state index contributed by atoms with van der Waals surface area (Å²) in [5, 5.41) is 2.85.